The summed E-state index contributed by atoms with van der Waals surface area (Å²) >= 11 is 0. The van der Waals surface area contributed by atoms with Gasteiger partial charge < -0.3 is 9.15 Å². The second-order valence-corrected chi connectivity index (χ2v) is 7.23. The zero-order valence-electron chi connectivity index (χ0n) is 14.7. The molecule has 0 radical (unpaired) electrons. The van der Waals surface area contributed by atoms with Crippen LogP contribution in [0.1, 0.15) is 48.5 Å². The lowest BCUT2D eigenvalue weighted by Crippen LogP contribution is -2.34. The Morgan fingerprint density at radius 3 is 2.92 bits per heavy atom. The summed E-state index contributed by atoms with van der Waals surface area (Å²) < 4.78 is 13.7. The number of aryl methyl sites for hydroxylation is 1. The number of nitrogens with zero attached hydrogens (tertiary/aromatic N) is 3. The molecule has 1 fully saturated rings. The minimum absolute atomic E-state index is 0.401. The van der Waals surface area contributed by atoms with E-state index in [1.807, 2.05) is 13.0 Å². The van der Waals surface area contributed by atoms with Crippen molar-refractivity contribution in [2.24, 2.45) is 5.92 Å². The van der Waals surface area contributed by atoms with Crippen molar-refractivity contribution in [2.45, 2.75) is 52.2 Å². The van der Waals surface area contributed by atoms with Crippen LogP contribution in [0.25, 0.3) is 0 Å². The minimum Gasteiger partial charge on any atom is -0.465 e. The molecule has 1 saturated carbocycles. The highest BCUT2D eigenvalue weighted by atomic mass is 16.5. The van der Waals surface area contributed by atoms with Gasteiger partial charge in [-0.1, -0.05) is 0 Å². The van der Waals surface area contributed by atoms with Gasteiger partial charge in [-0.3, -0.25) is 9.58 Å². The van der Waals surface area contributed by atoms with E-state index in [9.17, 15) is 0 Å². The Labute approximate surface area is 143 Å². The Bertz CT molecular complexity index is 687. The largest absolute Gasteiger partial charge is 0.465 e. The first kappa shape index (κ1) is 15.9. The maximum Gasteiger partial charge on any atom is 0.118 e. The van der Waals surface area contributed by atoms with Gasteiger partial charge in [0.2, 0.25) is 0 Å². The average Bonchev–Trinajstić information content (AvgIpc) is 3.13. The fraction of sp³-hybridized carbons (Fsp3) is 0.632. The number of fused-ring (bicyclic) bond motifs is 1. The quantitative estimate of drug-likeness (QED) is 0.781. The molecule has 5 nitrogen and oxygen atoms in total. The molecule has 0 spiro atoms. The molecule has 2 aliphatic rings. The molecule has 0 aromatic carbocycles. The van der Waals surface area contributed by atoms with Gasteiger partial charge in [-0.2, -0.15) is 5.10 Å². The van der Waals surface area contributed by atoms with E-state index in [1.165, 1.54) is 24.1 Å². The molecule has 1 aliphatic carbocycles. The lowest BCUT2D eigenvalue weighted by molar-refractivity contribution is 0.102. The van der Waals surface area contributed by atoms with Gasteiger partial charge in [0.1, 0.15) is 11.5 Å². The fourth-order valence-electron chi connectivity index (χ4n) is 3.60. The van der Waals surface area contributed by atoms with Crippen molar-refractivity contribution in [3.8, 4) is 0 Å². The van der Waals surface area contributed by atoms with Gasteiger partial charge in [0, 0.05) is 43.9 Å². The molecule has 1 atom stereocenters. The summed E-state index contributed by atoms with van der Waals surface area (Å²) in [4.78, 5) is 2.43. The summed E-state index contributed by atoms with van der Waals surface area (Å²) in [7, 11) is 0. The third-order valence-corrected chi connectivity index (χ3v) is 5.00. The topological polar surface area (TPSA) is 43.4 Å². The normalized spacial score (nSPS) is 21.2. The van der Waals surface area contributed by atoms with Gasteiger partial charge in [0.15, 0.2) is 0 Å². The molecule has 0 bridgehead atoms. The summed E-state index contributed by atoms with van der Waals surface area (Å²) in [5.41, 5.74) is 2.60. The molecular weight excluding hydrogens is 302 g/mol. The fourth-order valence-corrected chi connectivity index (χ4v) is 3.60. The van der Waals surface area contributed by atoms with Gasteiger partial charge in [-0.05, 0) is 44.7 Å². The van der Waals surface area contributed by atoms with Crippen LogP contribution in [0.5, 0.6) is 0 Å². The average molecular weight is 329 g/mol. The van der Waals surface area contributed by atoms with E-state index in [0.717, 1.165) is 56.8 Å². The van der Waals surface area contributed by atoms with Crippen molar-refractivity contribution in [3.63, 3.8) is 0 Å². The van der Waals surface area contributed by atoms with E-state index in [-0.39, 0.29) is 0 Å². The van der Waals surface area contributed by atoms with Crippen molar-refractivity contribution in [2.75, 3.05) is 19.8 Å². The highest BCUT2D eigenvalue weighted by Crippen LogP contribution is 2.33. The molecule has 4 rings (SSSR count). The van der Waals surface area contributed by atoms with Crippen molar-refractivity contribution in [1.29, 1.82) is 0 Å². The number of hydrogen-bond acceptors (Lipinski definition) is 4. The zero-order valence-corrected chi connectivity index (χ0v) is 14.7. The van der Waals surface area contributed by atoms with Gasteiger partial charge >= 0.3 is 0 Å². The molecule has 2 aromatic heterocycles. The summed E-state index contributed by atoms with van der Waals surface area (Å²) in [6.07, 6.45) is 4.99. The molecule has 1 aliphatic heterocycles. The highest BCUT2D eigenvalue weighted by molar-refractivity contribution is 5.26. The standard InChI is InChI=1S/C19H27N3O2/c1-3-23-13-16-9-21(10-17-7-4-14(2)24-17)12-19-18(16)11-22(20-19)8-15-5-6-15/h4,7,11,15-16H,3,5-6,8-10,12-13H2,1-2H3/t16-/m0/s1. The molecule has 3 heterocycles. The van der Waals surface area contributed by atoms with Gasteiger partial charge in [0.05, 0.1) is 18.8 Å². The lowest BCUT2D eigenvalue weighted by Gasteiger charge is -2.31. The van der Waals surface area contributed by atoms with E-state index >= 15 is 0 Å². The maximum atomic E-state index is 5.76. The molecule has 130 valence electrons. The van der Waals surface area contributed by atoms with Gasteiger partial charge in [0.25, 0.3) is 0 Å². The van der Waals surface area contributed by atoms with Crippen LogP contribution in [0, 0.1) is 12.8 Å². The van der Waals surface area contributed by atoms with E-state index < -0.39 is 0 Å². The van der Waals surface area contributed by atoms with Crippen LogP contribution in [-0.4, -0.2) is 34.4 Å². The van der Waals surface area contributed by atoms with Crippen LogP contribution < -0.4 is 0 Å². The van der Waals surface area contributed by atoms with Crippen LogP contribution in [0.4, 0.5) is 0 Å². The second kappa shape index (κ2) is 6.73. The van der Waals surface area contributed by atoms with Crippen LogP contribution >= 0.6 is 0 Å². The van der Waals surface area contributed by atoms with Gasteiger partial charge in [-0.15, -0.1) is 0 Å². The summed E-state index contributed by atoms with van der Waals surface area (Å²) in [6.45, 7) is 9.40. The SMILES string of the molecule is CCOC[C@@H]1CN(Cc2ccc(C)o2)Cc2nn(CC3CC3)cc21. The number of furan rings is 1. The van der Waals surface area contributed by atoms with Crippen LogP contribution in [-0.2, 0) is 24.4 Å². The van der Waals surface area contributed by atoms with E-state index in [4.69, 9.17) is 14.3 Å². The Hall–Kier alpha value is -1.59. The Morgan fingerprint density at radius 1 is 1.33 bits per heavy atom. The summed E-state index contributed by atoms with van der Waals surface area (Å²) in [5.74, 6) is 3.25. The monoisotopic (exact) mass is 329 g/mol. The van der Waals surface area contributed by atoms with Crippen molar-refractivity contribution in [3.05, 3.63) is 41.1 Å². The van der Waals surface area contributed by atoms with E-state index in [2.05, 4.69) is 28.8 Å². The molecule has 0 amide bonds. The third kappa shape index (κ3) is 3.57. The second-order valence-electron chi connectivity index (χ2n) is 7.23. The van der Waals surface area contributed by atoms with E-state index in [0.29, 0.717) is 5.92 Å². The van der Waals surface area contributed by atoms with Crippen molar-refractivity contribution in [1.82, 2.24) is 14.7 Å². The molecule has 5 heteroatoms. The number of aromatic nitrogens is 2. The Morgan fingerprint density at radius 2 is 2.21 bits per heavy atom. The predicted molar refractivity (Wildman–Crippen MR) is 91.7 cm³/mol. The third-order valence-electron chi connectivity index (χ3n) is 5.00. The molecule has 0 N–H and O–H groups in total. The molecule has 0 unspecified atom stereocenters. The first-order valence-electron chi connectivity index (χ1n) is 9.13. The molecule has 2 aromatic rings. The summed E-state index contributed by atoms with van der Waals surface area (Å²) in [6, 6.07) is 4.11. The molecule has 24 heavy (non-hydrogen) atoms. The van der Waals surface area contributed by atoms with Crippen LogP contribution in [0.3, 0.4) is 0 Å². The lowest BCUT2D eigenvalue weighted by atomic mass is 9.95. The van der Waals surface area contributed by atoms with Gasteiger partial charge in [-0.25, -0.2) is 0 Å². The number of ether oxygens (including phenoxy) is 1. The first-order valence-corrected chi connectivity index (χ1v) is 9.13. The van der Waals surface area contributed by atoms with Crippen LogP contribution in [0.15, 0.2) is 22.7 Å². The van der Waals surface area contributed by atoms with Crippen molar-refractivity contribution >= 4 is 0 Å². The number of rotatable bonds is 7. The number of hydrogen-bond donors (Lipinski definition) is 0. The van der Waals surface area contributed by atoms with Crippen molar-refractivity contribution < 1.29 is 9.15 Å². The Kier molecular flexibility index (Phi) is 4.46. The van der Waals surface area contributed by atoms with Crippen LogP contribution in [0.2, 0.25) is 0 Å². The first-order chi connectivity index (χ1) is 11.7. The van der Waals surface area contributed by atoms with E-state index in [1.54, 1.807) is 0 Å². The minimum atomic E-state index is 0.401. The highest BCUT2D eigenvalue weighted by Gasteiger charge is 2.30. The molecule has 0 saturated heterocycles. The summed E-state index contributed by atoms with van der Waals surface area (Å²) in [5, 5.41) is 4.88. The smallest absolute Gasteiger partial charge is 0.118 e. The predicted octanol–water partition coefficient (Wildman–Crippen LogP) is 3.33. The Balaban J connectivity index is 1.51. The molecular formula is C19H27N3O2. The zero-order chi connectivity index (χ0) is 16.5. The maximum absolute atomic E-state index is 5.76.